The summed E-state index contributed by atoms with van der Waals surface area (Å²) >= 11 is 0. The SMILES string of the molecule is CNS(=O)(=O)c1ccc(CNCC2(O)CCOC2C)o1. The fourth-order valence-electron chi connectivity index (χ4n) is 2.10. The Morgan fingerprint density at radius 1 is 1.50 bits per heavy atom. The van der Waals surface area contributed by atoms with Crippen LogP contribution in [0, 0.1) is 0 Å². The van der Waals surface area contributed by atoms with Gasteiger partial charge < -0.3 is 19.6 Å². The third-order valence-electron chi connectivity index (χ3n) is 3.56. The molecule has 3 N–H and O–H groups in total. The summed E-state index contributed by atoms with van der Waals surface area (Å²) in [5.74, 6) is 0.494. The highest BCUT2D eigenvalue weighted by atomic mass is 32.2. The quantitative estimate of drug-likeness (QED) is 0.674. The lowest BCUT2D eigenvalue weighted by molar-refractivity contribution is -0.0265. The largest absolute Gasteiger partial charge is 0.447 e. The van der Waals surface area contributed by atoms with Crippen molar-refractivity contribution >= 4 is 10.0 Å². The number of hydrogen-bond acceptors (Lipinski definition) is 6. The molecule has 114 valence electrons. The zero-order chi connectivity index (χ0) is 14.8. The van der Waals surface area contributed by atoms with Gasteiger partial charge in [0.2, 0.25) is 5.09 Å². The first kappa shape index (κ1) is 15.5. The lowest BCUT2D eigenvalue weighted by Gasteiger charge is -2.26. The molecule has 8 heteroatoms. The van der Waals surface area contributed by atoms with Crippen LogP contribution >= 0.6 is 0 Å². The third kappa shape index (κ3) is 3.21. The second-order valence-electron chi connectivity index (χ2n) is 4.90. The molecule has 1 aliphatic rings. The smallest absolute Gasteiger partial charge is 0.273 e. The van der Waals surface area contributed by atoms with Gasteiger partial charge in [-0.05, 0) is 26.1 Å². The lowest BCUT2D eigenvalue weighted by Crippen LogP contribution is -2.45. The molecule has 1 fully saturated rings. The van der Waals surface area contributed by atoms with Gasteiger partial charge in [0, 0.05) is 19.6 Å². The minimum atomic E-state index is -3.55. The molecular weight excluding hydrogens is 284 g/mol. The van der Waals surface area contributed by atoms with E-state index in [2.05, 4.69) is 10.0 Å². The van der Waals surface area contributed by atoms with E-state index in [4.69, 9.17) is 9.15 Å². The molecule has 0 radical (unpaired) electrons. The van der Waals surface area contributed by atoms with Gasteiger partial charge in [0.05, 0.1) is 12.6 Å². The molecule has 2 heterocycles. The molecule has 1 aromatic rings. The fraction of sp³-hybridized carbons (Fsp3) is 0.667. The van der Waals surface area contributed by atoms with Gasteiger partial charge in [-0.1, -0.05) is 0 Å². The Balaban J connectivity index is 1.89. The van der Waals surface area contributed by atoms with E-state index in [0.717, 1.165) is 0 Å². The van der Waals surface area contributed by atoms with Gasteiger partial charge in [-0.2, -0.15) is 0 Å². The van der Waals surface area contributed by atoms with E-state index >= 15 is 0 Å². The van der Waals surface area contributed by atoms with Crippen LogP contribution in [0.1, 0.15) is 19.1 Å². The van der Waals surface area contributed by atoms with Crippen LogP contribution < -0.4 is 10.0 Å². The van der Waals surface area contributed by atoms with Crippen molar-refractivity contribution in [3.05, 3.63) is 17.9 Å². The molecule has 0 aromatic carbocycles. The minimum Gasteiger partial charge on any atom is -0.447 e. The number of rotatable bonds is 6. The van der Waals surface area contributed by atoms with E-state index in [1.807, 2.05) is 6.92 Å². The maximum absolute atomic E-state index is 11.5. The zero-order valence-electron chi connectivity index (χ0n) is 11.5. The molecule has 0 spiro atoms. The lowest BCUT2D eigenvalue weighted by atomic mass is 9.97. The first-order valence-electron chi connectivity index (χ1n) is 6.44. The minimum absolute atomic E-state index is 0.118. The molecule has 1 aliphatic heterocycles. The molecule has 0 saturated carbocycles. The molecule has 7 nitrogen and oxygen atoms in total. The third-order valence-corrected chi connectivity index (χ3v) is 4.85. The Hall–Kier alpha value is -0.930. The summed E-state index contributed by atoms with van der Waals surface area (Å²) in [6, 6.07) is 2.99. The van der Waals surface area contributed by atoms with E-state index in [0.29, 0.717) is 31.9 Å². The number of nitrogens with one attached hydrogen (secondary N) is 2. The fourth-order valence-corrected chi connectivity index (χ4v) is 2.77. The van der Waals surface area contributed by atoms with E-state index in [9.17, 15) is 13.5 Å². The van der Waals surface area contributed by atoms with Gasteiger partial charge >= 0.3 is 0 Å². The average Bonchev–Trinajstić information content (AvgIpc) is 2.99. The monoisotopic (exact) mass is 304 g/mol. The first-order chi connectivity index (χ1) is 9.37. The summed E-state index contributed by atoms with van der Waals surface area (Å²) in [5, 5.41) is 13.2. The van der Waals surface area contributed by atoms with Crippen LogP contribution in [-0.4, -0.2) is 45.4 Å². The van der Waals surface area contributed by atoms with Gasteiger partial charge in [-0.15, -0.1) is 0 Å². The Morgan fingerprint density at radius 2 is 2.25 bits per heavy atom. The van der Waals surface area contributed by atoms with E-state index in [1.54, 1.807) is 6.07 Å². The van der Waals surface area contributed by atoms with Crippen LogP contribution in [0.4, 0.5) is 0 Å². The predicted molar refractivity (Wildman–Crippen MR) is 71.6 cm³/mol. The summed E-state index contributed by atoms with van der Waals surface area (Å²) in [5.41, 5.74) is -0.882. The summed E-state index contributed by atoms with van der Waals surface area (Å²) < 4.78 is 35.8. The molecule has 0 amide bonds. The van der Waals surface area contributed by atoms with Crippen molar-refractivity contribution in [3.63, 3.8) is 0 Å². The van der Waals surface area contributed by atoms with Gasteiger partial charge in [-0.25, -0.2) is 13.1 Å². The highest BCUT2D eigenvalue weighted by molar-refractivity contribution is 7.89. The van der Waals surface area contributed by atoms with Crippen molar-refractivity contribution in [2.24, 2.45) is 0 Å². The number of aliphatic hydroxyl groups is 1. The highest BCUT2D eigenvalue weighted by Crippen LogP contribution is 2.24. The summed E-state index contributed by atoms with van der Waals surface area (Å²) in [6.45, 7) is 3.08. The van der Waals surface area contributed by atoms with Crippen molar-refractivity contribution in [2.45, 2.75) is 36.7 Å². The summed E-state index contributed by atoms with van der Waals surface area (Å²) in [6.07, 6.45) is 0.366. The van der Waals surface area contributed by atoms with Gasteiger partial charge in [-0.3, -0.25) is 0 Å². The van der Waals surface area contributed by atoms with Crippen molar-refractivity contribution in [3.8, 4) is 0 Å². The summed E-state index contributed by atoms with van der Waals surface area (Å²) in [7, 11) is -2.23. The van der Waals surface area contributed by atoms with Crippen molar-refractivity contribution in [1.82, 2.24) is 10.0 Å². The van der Waals surface area contributed by atoms with Crippen LogP contribution in [0.25, 0.3) is 0 Å². The predicted octanol–water partition coefficient (Wildman–Crippen LogP) is -0.183. The van der Waals surface area contributed by atoms with Crippen molar-refractivity contribution in [2.75, 3.05) is 20.2 Å². The van der Waals surface area contributed by atoms with Crippen LogP contribution in [0.2, 0.25) is 0 Å². The normalized spacial score (nSPS) is 27.1. The van der Waals surface area contributed by atoms with E-state index in [-0.39, 0.29) is 11.2 Å². The van der Waals surface area contributed by atoms with E-state index in [1.165, 1.54) is 13.1 Å². The maximum Gasteiger partial charge on any atom is 0.273 e. The molecule has 0 bridgehead atoms. The Bertz CT molecular complexity index is 556. The van der Waals surface area contributed by atoms with Crippen molar-refractivity contribution in [1.29, 1.82) is 0 Å². The van der Waals surface area contributed by atoms with Gasteiger partial charge in [0.15, 0.2) is 0 Å². The van der Waals surface area contributed by atoms with E-state index < -0.39 is 15.6 Å². The number of hydrogen-bond donors (Lipinski definition) is 3. The standard InChI is InChI=1S/C12H20N2O5S/c1-9-12(15,5-6-18-9)8-14-7-10-3-4-11(19-10)20(16,17)13-2/h3-4,9,13-15H,5-8H2,1-2H3. The molecule has 20 heavy (non-hydrogen) atoms. The maximum atomic E-state index is 11.5. The molecule has 0 aliphatic carbocycles. The number of ether oxygens (including phenoxy) is 1. The molecule has 1 saturated heterocycles. The highest BCUT2D eigenvalue weighted by Gasteiger charge is 2.39. The first-order valence-corrected chi connectivity index (χ1v) is 7.93. The number of furan rings is 1. The molecule has 1 aromatic heterocycles. The average molecular weight is 304 g/mol. The number of sulfonamides is 1. The van der Waals surface area contributed by atoms with Crippen LogP contribution in [-0.2, 0) is 21.3 Å². The Kier molecular flexibility index (Phi) is 4.50. The van der Waals surface area contributed by atoms with Gasteiger partial charge in [0.1, 0.15) is 11.4 Å². The van der Waals surface area contributed by atoms with Crippen LogP contribution in [0.5, 0.6) is 0 Å². The second-order valence-corrected chi connectivity index (χ2v) is 6.72. The topological polar surface area (TPSA) is 101 Å². The second kappa shape index (κ2) is 5.82. The summed E-state index contributed by atoms with van der Waals surface area (Å²) in [4.78, 5) is 0. The van der Waals surface area contributed by atoms with Gasteiger partial charge in [0.25, 0.3) is 10.0 Å². The molecule has 2 rings (SSSR count). The Labute approximate surface area is 118 Å². The molecular formula is C12H20N2O5S. The molecule has 2 unspecified atom stereocenters. The zero-order valence-corrected chi connectivity index (χ0v) is 12.4. The van der Waals surface area contributed by atoms with Crippen molar-refractivity contribution < 1.29 is 22.7 Å². The van der Waals surface area contributed by atoms with Crippen LogP contribution in [0.3, 0.4) is 0 Å². The van der Waals surface area contributed by atoms with Crippen LogP contribution in [0.15, 0.2) is 21.6 Å². The Morgan fingerprint density at radius 3 is 2.85 bits per heavy atom. The molecule has 2 atom stereocenters.